The molecule has 2 amide bonds. The van der Waals surface area contributed by atoms with Crippen molar-refractivity contribution in [2.75, 3.05) is 18.0 Å². The highest BCUT2D eigenvalue weighted by atomic mass is 16.2. The van der Waals surface area contributed by atoms with E-state index in [4.69, 9.17) is 0 Å². The van der Waals surface area contributed by atoms with Gasteiger partial charge in [-0.15, -0.1) is 0 Å². The Kier molecular flexibility index (Phi) is 5.71. The molecule has 1 aliphatic heterocycles. The second-order valence-electron chi connectivity index (χ2n) is 6.97. The van der Waals surface area contributed by atoms with Gasteiger partial charge in [-0.2, -0.15) is 0 Å². The molecule has 2 aromatic carbocycles. The molecule has 4 heteroatoms. The molecule has 0 aromatic heterocycles. The van der Waals surface area contributed by atoms with Crippen LogP contribution in [0.2, 0.25) is 0 Å². The minimum atomic E-state index is -0.0605. The van der Waals surface area contributed by atoms with Gasteiger partial charge in [-0.1, -0.05) is 36.4 Å². The third kappa shape index (κ3) is 4.31. The summed E-state index contributed by atoms with van der Waals surface area (Å²) in [6.45, 7) is 4.97. The zero-order valence-electron chi connectivity index (χ0n) is 15.5. The predicted molar refractivity (Wildman–Crippen MR) is 104 cm³/mol. The number of fused-ring (bicyclic) bond motifs is 1. The van der Waals surface area contributed by atoms with Crippen molar-refractivity contribution < 1.29 is 9.59 Å². The van der Waals surface area contributed by atoms with E-state index in [9.17, 15) is 9.59 Å². The monoisotopic (exact) mass is 350 g/mol. The van der Waals surface area contributed by atoms with Crippen LogP contribution < -0.4 is 10.2 Å². The predicted octanol–water partition coefficient (Wildman–Crippen LogP) is 3.33. The first-order chi connectivity index (χ1) is 12.5. The Labute approximate surface area is 155 Å². The van der Waals surface area contributed by atoms with Crippen molar-refractivity contribution in [1.29, 1.82) is 0 Å². The molecule has 4 nitrogen and oxygen atoms in total. The Hall–Kier alpha value is -2.62. The summed E-state index contributed by atoms with van der Waals surface area (Å²) in [7, 11) is 0. The van der Waals surface area contributed by atoms with E-state index in [1.807, 2.05) is 24.3 Å². The van der Waals surface area contributed by atoms with Crippen molar-refractivity contribution in [2.24, 2.45) is 0 Å². The summed E-state index contributed by atoms with van der Waals surface area (Å²) in [5.41, 5.74) is 5.99. The fraction of sp³-hybridized carbons (Fsp3) is 0.364. The average Bonchev–Trinajstić information content (AvgIpc) is 3.07. The van der Waals surface area contributed by atoms with Gasteiger partial charge in [-0.25, -0.2) is 0 Å². The highest BCUT2D eigenvalue weighted by Crippen LogP contribution is 2.27. The second kappa shape index (κ2) is 8.17. The minimum Gasteiger partial charge on any atom is -0.347 e. The quantitative estimate of drug-likeness (QED) is 0.869. The lowest BCUT2D eigenvalue weighted by Gasteiger charge is -2.17. The highest BCUT2D eigenvalue weighted by Gasteiger charge is 2.23. The van der Waals surface area contributed by atoms with Gasteiger partial charge in [0.1, 0.15) is 0 Å². The van der Waals surface area contributed by atoms with Crippen molar-refractivity contribution in [2.45, 2.75) is 39.5 Å². The van der Waals surface area contributed by atoms with Gasteiger partial charge in [-0.05, 0) is 61.4 Å². The molecular formula is C22H26N2O2. The number of benzene rings is 2. The summed E-state index contributed by atoms with van der Waals surface area (Å²) < 4.78 is 0. The van der Waals surface area contributed by atoms with Crippen molar-refractivity contribution in [3.63, 3.8) is 0 Å². The van der Waals surface area contributed by atoms with E-state index in [0.29, 0.717) is 13.0 Å². The van der Waals surface area contributed by atoms with Crippen LogP contribution in [-0.2, 0) is 22.4 Å². The summed E-state index contributed by atoms with van der Waals surface area (Å²) in [6.07, 6.45) is 2.99. The number of amides is 2. The highest BCUT2D eigenvalue weighted by molar-refractivity contribution is 5.98. The molecule has 1 N–H and O–H groups in total. The van der Waals surface area contributed by atoms with E-state index in [1.54, 1.807) is 4.90 Å². The van der Waals surface area contributed by atoms with Crippen molar-refractivity contribution in [3.05, 3.63) is 64.7 Å². The van der Waals surface area contributed by atoms with Gasteiger partial charge < -0.3 is 10.2 Å². The zero-order chi connectivity index (χ0) is 18.5. The van der Waals surface area contributed by atoms with Gasteiger partial charge in [0.15, 0.2) is 0 Å². The van der Waals surface area contributed by atoms with E-state index in [1.165, 1.54) is 22.3 Å². The summed E-state index contributed by atoms with van der Waals surface area (Å²) in [4.78, 5) is 26.2. The van der Waals surface area contributed by atoms with Crippen molar-refractivity contribution >= 4 is 17.5 Å². The molecule has 0 bridgehead atoms. The zero-order valence-corrected chi connectivity index (χ0v) is 15.5. The number of aryl methyl sites for hydroxylation is 3. The number of nitrogens with one attached hydrogen (secondary N) is 1. The maximum atomic E-state index is 12.4. The fourth-order valence-electron chi connectivity index (χ4n) is 3.37. The normalized spacial score (nSPS) is 12.8. The van der Waals surface area contributed by atoms with Crippen LogP contribution in [0.25, 0.3) is 0 Å². The van der Waals surface area contributed by atoms with Crippen LogP contribution in [0.4, 0.5) is 5.69 Å². The van der Waals surface area contributed by atoms with Gasteiger partial charge in [0.2, 0.25) is 11.8 Å². The van der Waals surface area contributed by atoms with Gasteiger partial charge in [0, 0.05) is 18.7 Å². The number of hydrogen-bond donors (Lipinski definition) is 1. The number of carbonyl (C=O) groups is 2. The first kappa shape index (κ1) is 18.2. The van der Waals surface area contributed by atoms with Gasteiger partial charge in [0.25, 0.3) is 0 Å². The Morgan fingerprint density at radius 1 is 1.08 bits per heavy atom. The minimum absolute atomic E-state index is 0.0440. The van der Waals surface area contributed by atoms with Crippen LogP contribution >= 0.6 is 0 Å². The lowest BCUT2D eigenvalue weighted by Crippen LogP contribution is -2.39. The molecule has 0 aliphatic carbocycles. The van der Waals surface area contributed by atoms with E-state index >= 15 is 0 Å². The van der Waals surface area contributed by atoms with E-state index in [-0.39, 0.29) is 18.4 Å². The molecule has 0 spiro atoms. The SMILES string of the molecule is Cc1ccc(CCCC(=O)NCC(=O)N2CCc3ccccc32)cc1C. The first-order valence-corrected chi connectivity index (χ1v) is 9.25. The molecule has 1 aliphatic rings. The smallest absolute Gasteiger partial charge is 0.246 e. The Morgan fingerprint density at radius 3 is 2.69 bits per heavy atom. The lowest BCUT2D eigenvalue weighted by molar-refractivity contribution is -0.125. The standard InChI is InChI=1S/C22H26N2O2/c1-16-10-11-18(14-17(16)2)6-5-9-21(25)23-15-22(26)24-13-12-19-7-3-4-8-20(19)24/h3-4,7-8,10-11,14H,5-6,9,12-13,15H2,1-2H3,(H,23,25). The lowest BCUT2D eigenvalue weighted by atomic mass is 10.0. The number of rotatable bonds is 6. The molecule has 136 valence electrons. The summed E-state index contributed by atoms with van der Waals surface area (Å²) in [5.74, 6) is -0.105. The molecule has 1 heterocycles. The number of hydrogen-bond acceptors (Lipinski definition) is 2. The fourth-order valence-corrected chi connectivity index (χ4v) is 3.37. The van der Waals surface area contributed by atoms with Crippen molar-refractivity contribution in [1.82, 2.24) is 5.32 Å². The average molecular weight is 350 g/mol. The van der Waals surface area contributed by atoms with E-state index < -0.39 is 0 Å². The second-order valence-corrected chi connectivity index (χ2v) is 6.97. The van der Waals surface area contributed by atoms with Crippen LogP contribution in [0.5, 0.6) is 0 Å². The molecule has 0 unspecified atom stereocenters. The van der Waals surface area contributed by atoms with Gasteiger partial charge in [-0.3, -0.25) is 9.59 Å². The van der Waals surface area contributed by atoms with Crippen molar-refractivity contribution in [3.8, 4) is 0 Å². The largest absolute Gasteiger partial charge is 0.347 e. The molecule has 0 radical (unpaired) electrons. The van der Waals surface area contributed by atoms with Crippen LogP contribution in [0, 0.1) is 13.8 Å². The number of carbonyl (C=O) groups excluding carboxylic acids is 2. The van der Waals surface area contributed by atoms with Crippen LogP contribution in [0.15, 0.2) is 42.5 Å². The van der Waals surface area contributed by atoms with E-state index in [0.717, 1.165) is 24.9 Å². The first-order valence-electron chi connectivity index (χ1n) is 9.25. The third-order valence-electron chi connectivity index (χ3n) is 5.07. The van der Waals surface area contributed by atoms with Crippen LogP contribution in [0.1, 0.15) is 35.1 Å². The number of nitrogens with zero attached hydrogens (tertiary/aromatic N) is 1. The number of anilines is 1. The molecule has 0 saturated carbocycles. The van der Waals surface area contributed by atoms with Gasteiger partial charge >= 0.3 is 0 Å². The maximum absolute atomic E-state index is 12.4. The topological polar surface area (TPSA) is 49.4 Å². The molecule has 0 saturated heterocycles. The van der Waals surface area contributed by atoms with E-state index in [2.05, 4.69) is 37.4 Å². The Balaban J connectivity index is 1.41. The molecule has 3 rings (SSSR count). The Morgan fingerprint density at radius 2 is 1.88 bits per heavy atom. The summed E-state index contributed by atoms with van der Waals surface area (Å²) in [6, 6.07) is 14.4. The molecule has 26 heavy (non-hydrogen) atoms. The molecule has 0 atom stereocenters. The molecular weight excluding hydrogens is 324 g/mol. The summed E-state index contributed by atoms with van der Waals surface area (Å²) in [5, 5.41) is 2.77. The summed E-state index contributed by atoms with van der Waals surface area (Å²) >= 11 is 0. The van der Waals surface area contributed by atoms with Crippen LogP contribution in [0.3, 0.4) is 0 Å². The number of para-hydroxylation sites is 1. The Bertz CT molecular complexity index is 814. The molecule has 2 aromatic rings. The maximum Gasteiger partial charge on any atom is 0.246 e. The third-order valence-corrected chi connectivity index (χ3v) is 5.07. The van der Waals surface area contributed by atoms with Gasteiger partial charge in [0.05, 0.1) is 6.54 Å². The molecule has 0 fully saturated rings. The van der Waals surface area contributed by atoms with Crippen LogP contribution in [-0.4, -0.2) is 24.9 Å².